The van der Waals surface area contributed by atoms with Crippen LogP contribution in [0.15, 0.2) is 59.3 Å². The second kappa shape index (κ2) is 12.5. The average Bonchev–Trinajstić information content (AvgIpc) is 3.23. The summed E-state index contributed by atoms with van der Waals surface area (Å²) in [6, 6.07) is 16.4. The Kier molecular flexibility index (Phi) is 9.57. The summed E-state index contributed by atoms with van der Waals surface area (Å²) in [7, 11) is -2.04. The third-order valence-electron chi connectivity index (χ3n) is 7.09. The predicted octanol–water partition coefficient (Wildman–Crippen LogP) is 6.99. The van der Waals surface area contributed by atoms with Gasteiger partial charge >= 0.3 is 6.09 Å². The van der Waals surface area contributed by atoms with E-state index in [1.165, 1.54) is 0 Å². The van der Waals surface area contributed by atoms with Crippen molar-refractivity contribution >= 4 is 41.4 Å². The zero-order valence-corrected chi connectivity index (χ0v) is 26.4. The fourth-order valence-corrected chi connectivity index (χ4v) is 10.0. The Bertz CT molecular complexity index is 1240. The number of amides is 1. The van der Waals surface area contributed by atoms with Crippen LogP contribution in [0.1, 0.15) is 45.6 Å². The number of carbonyl (C=O) groups excluding carboxylic acids is 1. The van der Waals surface area contributed by atoms with Gasteiger partial charge in [-0.05, 0) is 67.6 Å². The highest BCUT2D eigenvalue weighted by atomic mass is 79.9. The fraction of sp³-hybridized carbons (Fsp3) is 0.533. The molecule has 212 valence electrons. The van der Waals surface area contributed by atoms with Crippen LogP contribution in [0, 0.1) is 5.41 Å². The zero-order valence-electron chi connectivity index (χ0n) is 23.8. The molecule has 1 amide bonds. The molecule has 39 heavy (non-hydrogen) atoms. The van der Waals surface area contributed by atoms with E-state index in [-0.39, 0.29) is 30.3 Å². The molecule has 1 saturated heterocycles. The Morgan fingerprint density at radius 2 is 1.95 bits per heavy atom. The third kappa shape index (κ3) is 8.39. The number of aliphatic hydroxyl groups excluding tert-OH is 1. The van der Waals surface area contributed by atoms with Gasteiger partial charge in [-0.3, -0.25) is 0 Å². The quantitative estimate of drug-likeness (QED) is 0.263. The molecule has 1 aliphatic heterocycles. The summed E-state index contributed by atoms with van der Waals surface area (Å²) in [6.07, 6.45) is 2.70. The normalized spacial score (nSPS) is 19.3. The second-order valence-corrected chi connectivity index (χ2v) is 17.5. The lowest BCUT2D eigenvalue weighted by molar-refractivity contribution is -0.0118. The van der Waals surface area contributed by atoms with Crippen molar-refractivity contribution in [2.75, 3.05) is 6.54 Å². The van der Waals surface area contributed by atoms with Gasteiger partial charge in [-0.25, -0.2) is 9.78 Å². The number of nitrogens with zero attached hydrogens (tertiary/aromatic N) is 3. The van der Waals surface area contributed by atoms with Crippen molar-refractivity contribution in [2.24, 2.45) is 5.41 Å². The van der Waals surface area contributed by atoms with E-state index in [2.05, 4.69) is 54.8 Å². The SMILES string of the molecule is CC(C)(C)C[Si](C)(C)O[C@H]1CCCN(C(=O)OCc2ccccc2)[C@@H]1CC(O)Cn1cnc2cc(Br)ccc21. The number of ether oxygens (including phenoxy) is 1. The first-order valence-corrected chi connectivity index (χ1v) is 17.7. The highest BCUT2D eigenvalue weighted by molar-refractivity contribution is 9.10. The number of hydrogen-bond donors (Lipinski definition) is 1. The topological polar surface area (TPSA) is 76.8 Å². The summed E-state index contributed by atoms with van der Waals surface area (Å²) in [6.45, 7) is 12.4. The number of aliphatic hydroxyl groups is 1. The number of fused-ring (bicyclic) bond motifs is 1. The molecule has 9 heteroatoms. The number of rotatable bonds is 9. The van der Waals surface area contributed by atoms with E-state index in [4.69, 9.17) is 9.16 Å². The Labute approximate surface area is 241 Å². The molecular formula is C30H42BrN3O4Si. The summed E-state index contributed by atoms with van der Waals surface area (Å²) >= 11 is 3.50. The molecule has 0 aliphatic carbocycles. The third-order valence-corrected chi connectivity index (χ3v) is 10.4. The van der Waals surface area contributed by atoms with Crippen LogP contribution in [0.3, 0.4) is 0 Å². The van der Waals surface area contributed by atoms with Crippen LogP contribution in [0.25, 0.3) is 11.0 Å². The minimum atomic E-state index is -2.04. The van der Waals surface area contributed by atoms with Crippen LogP contribution in [-0.4, -0.2) is 58.8 Å². The minimum absolute atomic E-state index is 0.142. The summed E-state index contributed by atoms with van der Waals surface area (Å²) < 4.78 is 15.6. The first-order valence-electron chi connectivity index (χ1n) is 13.8. The molecule has 0 bridgehead atoms. The second-order valence-electron chi connectivity index (χ2n) is 12.5. The molecule has 1 fully saturated rings. The Balaban J connectivity index is 1.52. The molecule has 3 aromatic rings. The molecule has 7 nitrogen and oxygen atoms in total. The molecule has 1 N–H and O–H groups in total. The highest BCUT2D eigenvalue weighted by Crippen LogP contribution is 2.33. The van der Waals surface area contributed by atoms with Crippen LogP contribution >= 0.6 is 15.9 Å². The van der Waals surface area contributed by atoms with Gasteiger partial charge in [-0.2, -0.15) is 0 Å². The van der Waals surface area contributed by atoms with E-state index in [0.29, 0.717) is 19.5 Å². The molecule has 3 atom stereocenters. The maximum Gasteiger partial charge on any atom is 0.410 e. The van der Waals surface area contributed by atoms with E-state index in [0.717, 1.165) is 40.0 Å². The Morgan fingerprint density at radius 3 is 2.67 bits per heavy atom. The number of aromatic nitrogens is 2. The van der Waals surface area contributed by atoms with Crippen molar-refractivity contribution < 1.29 is 19.1 Å². The van der Waals surface area contributed by atoms with E-state index in [1.54, 1.807) is 11.2 Å². The molecule has 0 saturated carbocycles. The van der Waals surface area contributed by atoms with Gasteiger partial charge in [0.1, 0.15) is 6.61 Å². The van der Waals surface area contributed by atoms with Crippen LogP contribution < -0.4 is 0 Å². The van der Waals surface area contributed by atoms with Crippen LogP contribution in [0.5, 0.6) is 0 Å². The number of hydrogen-bond acceptors (Lipinski definition) is 5. The monoisotopic (exact) mass is 615 g/mol. The van der Waals surface area contributed by atoms with Crippen molar-refractivity contribution in [2.45, 2.75) is 90.6 Å². The standard InChI is InChI=1S/C30H42BrN3O4Si/c1-30(2,3)20-39(4,5)38-28-12-9-15-34(29(36)37-19-22-10-7-6-8-11-22)27(28)17-24(35)18-33-21-32-25-16-23(31)13-14-26(25)33/h6-8,10-11,13-14,16,21,24,27-28,35H,9,12,15,17-20H2,1-5H3/t24?,27-,28+/m1/s1. The maximum absolute atomic E-state index is 13.4. The lowest BCUT2D eigenvalue weighted by Crippen LogP contribution is -2.56. The first kappa shape index (κ1) is 29.8. The van der Waals surface area contributed by atoms with E-state index >= 15 is 0 Å². The minimum Gasteiger partial charge on any atom is -0.445 e. The Morgan fingerprint density at radius 1 is 1.21 bits per heavy atom. The molecule has 4 rings (SSSR count). The lowest BCUT2D eigenvalue weighted by Gasteiger charge is -2.45. The van der Waals surface area contributed by atoms with E-state index < -0.39 is 14.4 Å². The average molecular weight is 617 g/mol. The van der Waals surface area contributed by atoms with Crippen molar-refractivity contribution in [3.05, 3.63) is 64.9 Å². The van der Waals surface area contributed by atoms with E-state index in [1.807, 2.05) is 53.1 Å². The van der Waals surface area contributed by atoms with Gasteiger partial charge < -0.3 is 23.7 Å². The lowest BCUT2D eigenvalue weighted by atomic mass is 9.94. The van der Waals surface area contributed by atoms with Crippen LogP contribution in [-0.2, 0) is 22.3 Å². The molecule has 0 spiro atoms. The first-order chi connectivity index (χ1) is 18.4. The molecule has 1 unspecified atom stereocenters. The largest absolute Gasteiger partial charge is 0.445 e. The molecule has 0 radical (unpaired) electrons. The van der Waals surface area contributed by atoms with Crippen molar-refractivity contribution in [1.29, 1.82) is 0 Å². The van der Waals surface area contributed by atoms with E-state index in [9.17, 15) is 9.90 Å². The van der Waals surface area contributed by atoms with Gasteiger partial charge in [-0.1, -0.05) is 67.0 Å². The number of piperidine rings is 1. The van der Waals surface area contributed by atoms with Gasteiger partial charge in [-0.15, -0.1) is 0 Å². The smallest absolute Gasteiger partial charge is 0.410 e. The van der Waals surface area contributed by atoms with Gasteiger partial charge in [0.05, 0.1) is 42.2 Å². The molecule has 1 aliphatic rings. The summed E-state index contributed by atoms with van der Waals surface area (Å²) in [5, 5.41) is 11.3. The number of halogens is 1. The Hall–Kier alpha value is -2.20. The van der Waals surface area contributed by atoms with Gasteiger partial charge in [0, 0.05) is 11.0 Å². The highest BCUT2D eigenvalue weighted by Gasteiger charge is 2.41. The molecule has 2 heterocycles. The summed E-state index contributed by atoms with van der Waals surface area (Å²) in [5.74, 6) is 0. The van der Waals surface area contributed by atoms with Crippen molar-refractivity contribution in [3.63, 3.8) is 0 Å². The van der Waals surface area contributed by atoms with Gasteiger partial charge in [0.2, 0.25) is 0 Å². The van der Waals surface area contributed by atoms with Crippen molar-refractivity contribution in [3.8, 4) is 0 Å². The summed E-state index contributed by atoms with van der Waals surface area (Å²) in [4.78, 5) is 19.7. The van der Waals surface area contributed by atoms with Crippen LogP contribution in [0.4, 0.5) is 4.79 Å². The molecule has 1 aromatic heterocycles. The number of benzene rings is 2. The summed E-state index contributed by atoms with van der Waals surface area (Å²) in [5.41, 5.74) is 2.94. The predicted molar refractivity (Wildman–Crippen MR) is 161 cm³/mol. The number of carbonyl (C=O) groups is 1. The molecular weight excluding hydrogens is 574 g/mol. The maximum atomic E-state index is 13.4. The number of likely N-dealkylation sites (tertiary alicyclic amines) is 1. The van der Waals surface area contributed by atoms with Gasteiger partial charge in [0.25, 0.3) is 0 Å². The zero-order chi connectivity index (χ0) is 28.2. The van der Waals surface area contributed by atoms with Crippen LogP contribution in [0.2, 0.25) is 19.1 Å². The van der Waals surface area contributed by atoms with Gasteiger partial charge in [0.15, 0.2) is 8.32 Å². The molecule has 2 aromatic carbocycles. The number of imidazole rings is 1. The fourth-order valence-electron chi connectivity index (χ4n) is 5.96. The van der Waals surface area contributed by atoms with Crippen molar-refractivity contribution in [1.82, 2.24) is 14.5 Å².